The minimum atomic E-state index is -3.93. The van der Waals surface area contributed by atoms with Gasteiger partial charge in [-0.25, -0.2) is 8.42 Å². The summed E-state index contributed by atoms with van der Waals surface area (Å²) in [4.78, 5) is 14.3. The van der Waals surface area contributed by atoms with Gasteiger partial charge in [0, 0.05) is 17.8 Å². The average molecular weight is 514 g/mol. The molecule has 5 unspecified atom stereocenters. The number of allylic oxidation sites excluding steroid dienone is 2. The summed E-state index contributed by atoms with van der Waals surface area (Å²) in [6, 6.07) is 28.0. The Morgan fingerprint density at radius 3 is 1.81 bits per heavy atom. The Bertz CT molecular complexity index is 1450. The van der Waals surface area contributed by atoms with Crippen molar-refractivity contribution in [2.45, 2.75) is 30.7 Å². The Hall–Kier alpha value is -3.38. The second-order valence-corrected chi connectivity index (χ2v) is 12.3. The molecule has 6 rings (SSSR count). The molecular formula is C31H31NO4S. The van der Waals surface area contributed by atoms with Crippen LogP contribution in [-0.2, 0) is 19.6 Å². The van der Waals surface area contributed by atoms with Gasteiger partial charge in [0.05, 0.1) is 29.7 Å². The third kappa shape index (κ3) is 3.42. The lowest BCUT2D eigenvalue weighted by Gasteiger charge is -2.33. The predicted octanol–water partition coefficient (Wildman–Crippen LogP) is 5.79. The molecule has 2 bridgehead atoms. The molecule has 0 aromatic heterocycles. The number of fused-ring (bicyclic) bond motifs is 4. The van der Waals surface area contributed by atoms with Crippen molar-refractivity contribution >= 4 is 15.8 Å². The molecule has 1 saturated heterocycles. The number of nitrogens with zero attached hydrogens (tertiary/aromatic N) is 1. The van der Waals surface area contributed by atoms with Gasteiger partial charge in [-0.1, -0.05) is 92.7 Å². The Morgan fingerprint density at radius 2 is 1.24 bits per heavy atom. The van der Waals surface area contributed by atoms with E-state index in [9.17, 15) is 13.2 Å². The molecule has 0 amide bonds. The summed E-state index contributed by atoms with van der Waals surface area (Å²) in [7, 11) is -2.36. The van der Waals surface area contributed by atoms with Gasteiger partial charge in [-0.15, -0.1) is 0 Å². The number of ether oxygens (including phenoxy) is 1. The molecule has 5 nitrogen and oxygen atoms in total. The minimum absolute atomic E-state index is 0.0470. The van der Waals surface area contributed by atoms with E-state index >= 15 is 0 Å². The minimum Gasteiger partial charge on any atom is -0.498 e. The number of benzene rings is 3. The Labute approximate surface area is 218 Å². The molecule has 2 fully saturated rings. The van der Waals surface area contributed by atoms with E-state index in [0.29, 0.717) is 11.5 Å². The number of sulfonamides is 1. The zero-order valence-corrected chi connectivity index (χ0v) is 22.0. The summed E-state index contributed by atoms with van der Waals surface area (Å²) in [5.41, 5.74) is 2.67. The fourth-order valence-electron chi connectivity index (χ4n) is 7.33. The van der Waals surface area contributed by atoms with E-state index in [2.05, 4.69) is 26.0 Å². The molecule has 1 aliphatic heterocycles. The van der Waals surface area contributed by atoms with Crippen LogP contribution >= 0.6 is 0 Å². The van der Waals surface area contributed by atoms with E-state index in [1.54, 1.807) is 35.7 Å². The van der Waals surface area contributed by atoms with Crippen molar-refractivity contribution in [3.8, 4) is 0 Å². The lowest BCUT2D eigenvalue weighted by Crippen LogP contribution is -2.37. The summed E-state index contributed by atoms with van der Waals surface area (Å²) in [5, 5.41) is 0. The largest absolute Gasteiger partial charge is 0.498 e. The van der Waals surface area contributed by atoms with E-state index in [-0.39, 0.29) is 40.3 Å². The van der Waals surface area contributed by atoms with Crippen LogP contribution in [0.15, 0.2) is 107 Å². The third-order valence-electron chi connectivity index (χ3n) is 8.76. The van der Waals surface area contributed by atoms with Gasteiger partial charge in [0.1, 0.15) is 11.5 Å². The number of hydrogen-bond donors (Lipinski definition) is 0. The van der Waals surface area contributed by atoms with E-state index in [1.165, 1.54) is 0 Å². The smallest absolute Gasteiger partial charge is 0.264 e. The van der Waals surface area contributed by atoms with Crippen LogP contribution in [-0.4, -0.2) is 25.6 Å². The molecule has 3 aliphatic rings. The normalized spacial score (nSPS) is 30.9. The zero-order chi connectivity index (χ0) is 25.9. The molecule has 2 aliphatic carbocycles. The highest BCUT2D eigenvalue weighted by Crippen LogP contribution is 2.64. The predicted molar refractivity (Wildman–Crippen MR) is 142 cm³/mol. The second-order valence-electron chi connectivity index (χ2n) is 10.5. The van der Waals surface area contributed by atoms with Gasteiger partial charge in [0.2, 0.25) is 0 Å². The fourth-order valence-corrected chi connectivity index (χ4v) is 9.14. The molecule has 6 heteroatoms. The van der Waals surface area contributed by atoms with Crippen molar-refractivity contribution in [3.63, 3.8) is 0 Å². The highest BCUT2D eigenvalue weighted by Gasteiger charge is 2.65. The topological polar surface area (TPSA) is 63.7 Å². The van der Waals surface area contributed by atoms with Crippen molar-refractivity contribution in [2.24, 2.45) is 29.6 Å². The highest BCUT2D eigenvalue weighted by atomic mass is 32.2. The number of ketones is 1. The first-order chi connectivity index (χ1) is 17.9. The van der Waals surface area contributed by atoms with Crippen molar-refractivity contribution in [1.82, 2.24) is 4.31 Å². The number of hydrogen-bond acceptors (Lipinski definition) is 4. The number of carbonyl (C=O) groups excluding carboxylic acids is 1. The molecule has 3 aromatic carbocycles. The summed E-state index contributed by atoms with van der Waals surface area (Å²) in [5.74, 6) is -0.492. The lowest BCUT2D eigenvalue weighted by molar-refractivity contribution is -0.126. The first kappa shape index (κ1) is 24.0. The Kier molecular flexibility index (Phi) is 5.75. The van der Waals surface area contributed by atoms with Gasteiger partial charge in [-0.2, -0.15) is 0 Å². The fraction of sp³-hybridized carbons (Fsp3) is 0.323. The molecule has 0 spiro atoms. The number of Topliss-reactive ketones (excluding diaryl/α,β-unsaturated/α-hetero) is 1. The quantitative estimate of drug-likeness (QED) is 0.433. The number of methoxy groups -OCH3 is 1. The monoisotopic (exact) mass is 513 g/mol. The highest BCUT2D eigenvalue weighted by molar-refractivity contribution is 7.89. The third-order valence-corrected chi connectivity index (χ3v) is 10.6. The molecule has 0 radical (unpaired) electrons. The van der Waals surface area contributed by atoms with Crippen LogP contribution < -0.4 is 0 Å². The van der Waals surface area contributed by atoms with Gasteiger partial charge in [0.25, 0.3) is 10.0 Å². The maximum atomic E-state index is 14.4. The SMILES string of the molecule is COC1=C2C(C3C(=O)C1C(c1ccccc1)C3C)[C@H](C)[C@@H](c1ccccc1)N2S(=O)(=O)c1ccccc1. The number of rotatable bonds is 5. The lowest BCUT2D eigenvalue weighted by atomic mass is 9.72. The average Bonchev–Trinajstić information content (AvgIpc) is 3.32. The van der Waals surface area contributed by atoms with Crippen molar-refractivity contribution in [2.75, 3.05) is 7.11 Å². The van der Waals surface area contributed by atoms with E-state index in [0.717, 1.165) is 11.1 Å². The van der Waals surface area contributed by atoms with Crippen LogP contribution in [0.1, 0.15) is 36.9 Å². The Morgan fingerprint density at radius 1 is 0.703 bits per heavy atom. The molecule has 0 N–H and O–H groups in total. The van der Waals surface area contributed by atoms with E-state index in [4.69, 9.17) is 4.74 Å². The van der Waals surface area contributed by atoms with Crippen molar-refractivity contribution in [3.05, 3.63) is 114 Å². The van der Waals surface area contributed by atoms with Crippen LogP contribution in [0, 0.1) is 29.6 Å². The van der Waals surface area contributed by atoms with Crippen molar-refractivity contribution in [1.29, 1.82) is 0 Å². The Balaban J connectivity index is 1.61. The molecule has 37 heavy (non-hydrogen) atoms. The summed E-state index contributed by atoms with van der Waals surface area (Å²) in [6.07, 6.45) is 0. The molecule has 1 heterocycles. The summed E-state index contributed by atoms with van der Waals surface area (Å²) < 4.78 is 36.4. The first-order valence-electron chi connectivity index (χ1n) is 12.9. The van der Waals surface area contributed by atoms with Gasteiger partial charge in [0.15, 0.2) is 0 Å². The maximum absolute atomic E-state index is 14.4. The molecule has 1 saturated carbocycles. The van der Waals surface area contributed by atoms with Crippen LogP contribution in [0.3, 0.4) is 0 Å². The molecular weight excluding hydrogens is 482 g/mol. The van der Waals surface area contributed by atoms with Crippen molar-refractivity contribution < 1.29 is 17.9 Å². The molecule has 7 atom stereocenters. The van der Waals surface area contributed by atoms with Crippen LogP contribution in [0.5, 0.6) is 0 Å². The zero-order valence-electron chi connectivity index (χ0n) is 21.2. The molecule has 3 aromatic rings. The maximum Gasteiger partial charge on any atom is 0.264 e. The number of carbonyl (C=O) groups is 1. The summed E-state index contributed by atoms with van der Waals surface area (Å²) >= 11 is 0. The molecule has 190 valence electrons. The van der Waals surface area contributed by atoms with Gasteiger partial charge in [-0.3, -0.25) is 9.10 Å². The first-order valence-corrected chi connectivity index (χ1v) is 14.3. The second kappa shape index (κ2) is 8.88. The summed E-state index contributed by atoms with van der Waals surface area (Å²) in [6.45, 7) is 4.24. The van der Waals surface area contributed by atoms with Crippen LogP contribution in [0.2, 0.25) is 0 Å². The van der Waals surface area contributed by atoms with E-state index < -0.39 is 22.0 Å². The van der Waals surface area contributed by atoms with Gasteiger partial charge < -0.3 is 4.74 Å². The standard InChI is InChI=1S/C31H31NO4S/c1-19-24(21-13-7-4-8-14-21)27-30(33)26(19)25-20(2)28(22-15-9-5-10-16-22)32(29(25)31(27)36-3)37(34,35)23-17-11-6-12-18-23/h4-20,24-28H,1-3H3/t19?,20-,24?,25?,26?,27?,28-/m0/s1. The van der Waals surface area contributed by atoms with Gasteiger partial charge in [-0.05, 0) is 35.1 Å². The van der Waals surface area contributed by atoms with Crippen LogP contribution in [0.4, 0.5) is 0 Å². The van der Waals surface area contributed by atoms with Gasteiger partial charge >= 0.3 is 0 Å². The van der Waals surface area contributed by atoms with Crippen LogP contribution in [0.25, 0.3) is 0 Å². The van der Waals surface area contributed by atoms with E-state index in [1.807, 2.05) is 54.6 Å².